The highest BCUT2D eigenvalue weighted by Gasteiger charge is 2.06. The largest absolute Gasteiger partial charge is 0.399 e. The first kappa shape index (κ1) is 13.1. The minimum Gasteiger partial charge on any atom is -0.399 e. The summed E-state index contributed by atoms with van der Waals surface area (Å²) in [5.41, 5.74) is 10.1. The number of rotatable bonds is 3. The molecule has 0 heterocycles. The topological polar surface area (TPSA) is 43.1 Å². The van der Waals surface area contributed by atoms with E-state index in [9.17, 15) is 4.79 Å². The third kappa shape index (κ3) is 3.10. The molecule has 0 spiro atoms. The van der Waals surface area contributed by atoms with E-state index >= 15 is 0 Å². The minimum atomic E-state index is 0.0347. The summed E-state index contributed by atoms with van der Waals surface area (Å²) in [4.78, 5) is 12.2. The molecule has 0 amide bonds. The number of hydrogen-bond acceptors (Lipinski definition) is 2. The number of anilines is 1. The predicted molar refractivity (Wildman–Crippen MR) is 80.0 cm³/mol. The van der Waals surface area contributed by atoms with Crippen LogP contribution in [0.3, 0.4) is 0 Å². The molecule has 0 aliphatic carbocycles. The molecule has 0 aromatic heterocycles. The van der Waals surface area contributed by atoms with Crippen molar-refractivity contribution in [3.8, 4) is 0 Å². The van der Waals surface area contributed by atoms with Gasteiger partial charge in [-0.3, -0.25) is 4.79 Å². The van der Waals surface area contributed by atoms with E-state index in [1.807, 2.05) is 62.4 Å². The molecular formula is C17H17NO. The van der Waals surface area contributed by atoms with Crippen LogP contribution < -0.4 is 5.73 Å². The maximum atomic E-state index is 12.2. The average molecular weight is 251 g/mol. The first-order valence-electron chi connectivity index (χ1n) is 6.22. The van der Waals surface area contributed by atoms with Gasteiger partial charge in [-0.15, -0.1) is 0 Å². The Labute approximate surface area is 113 Å². The summed E-state index contributed by atoms with van der Waals surface area (Å²) in [5, 5.41) is 0. The van der Waals surface area contributed by atoms with Gasteiger partial charge in [-0.2, -0.15) is 0 Å². The molecule has 0 radical (unpaired) electrons. The van der Waals surface area contributed by atoms with Crippen LogP contribution in [0.1, 0.15) is 28.4 Å². The molecule has 2 N–H and O–H groups in total. The molecule has 2 aromatic carbocycles. The van der Waals surface area contributed by atoms with Gasteiger partial charge in [0.2, 0.25) is 0 Å². The Morgan fingerprint density at radius 2 is 1.68 bits per heavy atom. The molecule has 0 saturated carbocycles. The molecule has 2 heteroatoms. The summed E-state index contributed by atoms with van der Waals surface area (Å²) >= 11 is 0. The fourth-order valence-electron chi connectivity index (χ4n) is 1.95. The molecule has 2 nitrogen and oxygen atoms in total. The lowest BCUT2D eigenvalue weighted by atomic mass is 10.0. The van der Waals surface area contributed by atoms with E-state index in [0.29, 0.717) is 0 Å². The summed E-state index contributed by atoms with van der Waals surface area (Å²) in [7, 11) is 0. The van der Waals surface area contributed by atoms with Crippen molar-refractivity contribution >= 4 is 17.0 Å². The second-order valence-electron chi connectivity index (χ2n) is 4.63. The van der Waals surface area contributed by atoms with Crippen LogP contribution in [-0.4, -0.2) is 5.78 Å². The van der Waals surface area contributed by atoms with Crippen molar-refractivity contribution in [1.82, 2.24) is 0 Å². The van der Waals surface area contributed by atoms with Gasteiger partial charge in [-0.25, -0.2) is 0 Å². The van der Waals surface area contributed by atoms with E-state index in [2.05, 4.69) is 0 Å². The Hall–Kier alpha value is -2.35. The number of hydrogen-bond donors (Lipinski definition) is 1. The van der Waals surface area contributed by atoms with Gasteiger partial charge in [-0.05, 0) is 48.8 Å². The number of carbonyl (C=O) groups is 1. The zero-order valence-electron chi connectivity index (χ0n) is 11.2. The van der Waals surface area contributed by atoms with Crippen LogP contribution >= 0.6 is 0 Å². The molecule has 0 fully saturated rings. The van der Waals surface area contributed by atoms with E-state index in [1.165, 1.54) is 0 Å². The van der Waals surface area contributed by atoms with Crippen molar-refractivity contribution in [2.24, 2.45) is 0 Å². The smallest absolute Gasteiger partial charge is 0.186 e. The number of benzene rings is 2. The molecule has 19 heavy (non-hydrogen) atoms. The highest BCUT2D eigenvalue weighted by Crippen LogP contribution is 2.17. The molecule has 0 aliphatic rings. The second kappa shape index (κ2) is 5.53. The molecule has 2 aromatic rings. The van der Waals surface area contributed by atoms with Crippen LogP contribution in [0, 0.1) is 6.92 Å². The normalized spacial score (nSPS) is 11.4. The van der Waals surface area contributed by atoms with Gasteiger partial charge in [0.1, 0.15) is 0 Å². The summed E-state index contributed by atoms with van der Waals surface area (Å²) in [6.45, 7) is 3.88. The highest BCUT2D eigenvalue weighted by atomic mass is 16.1. The zero-order chi connectivity index (χ0) is 13.8. The van der Waals surface area contributed by atoms with Gasteiger partial charge in [0, 0.05) is 11.3 Å². The number of ketones is 1. The van der Waals surface area contributed by atoms with Crippen molar-refractivity contribution in [3.05, 3.63) is 71.3 Å². The molecule has 0 atom stereocenters. The molecule has 0 saturated heterocycles. The zero-order valence-corrected chi connectivity index (χ0v) is 11.2. The monoisotopic (exact) mass is 251 g/mol. The van der Waals surface area contributed by atoms with Gasteiger partial charge in [0.25, 0.3) is 0 Å². The van der Waals surface area contributed by atoms with Gasteiger partial charge < -0.3 is 5.73 Å². The van der Waals surface area contributed by atoms with Crippen molar-refractivity contribution in [2.45, 2.75) is 13.8 Å². The Morgan fingerprint density at radius 1 is 1.05 bits per heavy atom. The molecule has 2 rings (SSSR count). The quantitative estimate of drug-likeness (QED) is 0.511. The third-order valence-corrected chi connectivity index (χ3v) is 3.12. The lowest BCUT2D eigenvalue weighted by molar-refractivity contribution is 0.104. The molecule has 96 valence electrons. The maximum absolute atomic E-state index is 12.2. The second-order valence-corrected chi connectivity index (χ2v) is 4.63. The molecule has 0 bridgehead atoms. The standard InChI is InChI=1S/C17H17NO/c1-12-5-3-4-6-16(12)17(19)11-13(2)14-7-9-15(18)10-8-14/h3-11H,18H2,1-2H3/b13-11+. The Kier molecular flexibility index (Phi) is 3.81. The summed E-state index contributed by atoms with van der Waals surface area (Å²) in [6, 6.07) is 15.1. The fraction of sp³-hybridized carbons (Fsp3) is 0.118. The van der Waals surface area contributed by atoms with Crippen LogP contribution in [-0.2, 0) is 0 Å². The molecule has 0 aliphatic heterocycles. The Bertz CT molecular complexity index is 624. The van der Waals surface area contributed by atoms with Gasteiger partial charge >= 0.3 is 0 Å². The van der Waals surface area contributed by atoms with Gasteiger partial charge in [0.05, 0.1) is 0 Å². The van der Waals surface area contributed by atoms with Gasteiger partial charge in [-0.1, -0.05) is 36.4 Å². The van der Waals surface area contributed by atoms with Crippen LogP contribution in [0.4, 0.5) is 5.69 Å². The maximum Gasteiger partial charge on any atom is 0.186 e. The summed E-state index contributed by atoms with van der Waals surface area (Å²) in [5.74, 6) is 0.0347. The number of nitrogen functional groups attached to an aromatic ring is 1. The first-order chi connectivity index (χ1) is 9.08. The number of aryl methyl sites for hydroxylation is 1. The van der Waals surface area contributed by atoms with E-state index in [-0.39, 0.29) is 5.78 Å². The van der Waals surface area contributed by atoms with Crippen molar-refractivity contribution < 1.29 is 4.79 Å². The van der Waals surface area contributed by atoms with E-state index < -0.39 is 0 Å². The first-order valence-corrected chi connectivity index (χ1v) is 6.22. The Balaban J connectivity index is 2.28. The number of nitrogens with two attached hydrogens (primary N) is 1. The third-order valence-electron chi connectivity index (χ3n) is 3.12. The summed E-state index contributed by atoms with van der Waals surface area (Å²) in [6.07, 6.45) is 1.67. The number of carbonyl (C=O) groups excluding carboxylic acids is 1. The van der Waals surface area contributed by atoms with E-state index in [1.54, 1.807) is 6.08 Å². The molecule has 0 unspecified atom stereocenters. The van der Waals surface area contributed by atoms with E-state index in [4.69, 9.17) is 5.73 Å². The predicted octanol–water partition coefficient (Wildman–Crippen LogP) is 3.86. The Morgan fingerprint density at radius 3 is 2.32 bits per heavy atom. The van der Waals surface area contributed by atoms with Crippen LogP contribution in [0.25, 0.3) is 5.57 Å². The van der Waals surface area contributed by atoms with Crippen molar-refractivity contribution in [3.63, 3.8) is 0 Å². The summed E-state index contributed by atoms with van der Waals surface area (Å²) < 4.78 is 0. The minimum absolute atomic E-state index is 0.0347. The van der Waals surface area contributed by atoms with E-state index in [0.717, 1.165) is 28.0 Å². The lowest BCUT2D eigenvalue weighted by Gasteiger charge is -2.04. The molecular weight excluding hydrogens is 234 g/mol. The fourth-order valence-corrected chi connectivity index (χ4v) is 1.95. The van der Waals surface area contributed by atoms with Crippen molar-refractivity contribution in [1.29, 1.82) is 0 Å². The van der Waals surface area contributed by atoms with Crippen molar-refractivity contribution in [2.75, 3.05) is 5.73 Å². The van der Waals surface area contributed by atoms with Crippen LogP contribution in [0.15, 0.2) is 54.6 Å². The lowest BCUT2D eigenvalue weighted by Crippen LogP contribution is -1.98. The highest BCUT2D eigenvalue weighted by molar-refractivity contribution is 6.09. The van der Waals surface area contributed by atoms with Gasteiger partial charge in [0.15, 0.2) is 5.78 Å². The van der Waals surface area contributed by atoms with Crippen LogP contribution in [0.2, 0.25) is 0 Å². The average Bonchev–Trinajstić information content (AvgIpc) is 2.39. The SMILES string of the molecule is C/C(=C\C(=O)c1ccccc1C)c1ccc(N)cc1. The number of allylic oxidation sites excluding steroid dienone is 2. The van der Waals surface area contributed by atoms with Crippen LogP contribution in [0.5, 0.6) is 0 Å².